The predicted octanol–water partition coefficient (Wildman–Crippen LogP) is 1.54. The number of ether oxygens (including phenoxy) is 1. The van der Waals surface area contributed by atoms with Gasteiger partial charge in [-0.1, -0.05) is 12.0 Å². The van der Waals surface area contributed by atoms with Gasteiger partial charge in [0.25, 0.3) is 0 Å². The van der Waals surface area contributed by atoms with Crippen molar-refractivity contribution in [2.24, 2.45) is 0 Å². The second-order valence-electron chi connectivity index (χ2n) is 3.25. The van der Waals surface area contributed by atoms with E-state index in [-0.39, 0.29) is 25.5 Å². The number of nitriles is 1. The van der Waals surface area contributed by atoms with Crippen molar-refractivity contribution < 1.29 is 9.53 Å². The quantitative estimate of drug-likeness (QED) is 0.614. The molecule has 0 bridgehead atoms. The van der Waals surface area contributed by atoms with Gasteiger partial charge in [0.1, 0.15) is 6.61 Å². The van der Waals surface area contributed by atoms with Gasteiger partial charge in [-0.2, -0.15) is 5.26 Å². The maximum Gasteiger partial charge on any atom is 0.226 e. The molecule has 4 heteroatoms. The van der Waals surface area contributed by atoms with Crippen molar-refractivity contribution in [1.82, 2.24) is 0 Å². The molecule has 0 fully saturated rings. The number of hydrogen-bond acceptors (Lipinski definition) is 3. The molecule has 0 aliphatic carbocycles. The summed E-state index contributed by atoms with van der Waals surface area (Å²) in [7, 11) is 0. The van der Waals surface area contributed by atoms with Crippen LogP contribution in [0.5, 0.6) is 0 Å². The molecule has 0 saturated heterocycles. The van der Waals surface area contributed by atoms with E-state index in [2.05, 4.69) is 11.2 Å². The molecule has 1 aromatic rings. The molecule has 0 aliphatic rings. The van der Waals surface area contributed by atoms with Crippen molar-refractivity contribution in [3.8, 4) is 18.4 Å². The molecule has 0 atom stereocenters. The van der Waals surface area contributed by atoms with Crippen LogP contribution >= 0.6 is 0 Å². The minimum absolute atomic E-state index is 0.169. The Hall–Kier alpha value is -2.30. The van der Waals surface area contributed by atoms with Gasteiger partial charge in [-0.05, 0) is 18.2 Å². The highest BCUT2D eigenvalue weighted by atomic mass is 16.5. The van der Waals surface area contributed by atoms with Crippen LogP contribution in [-0.4, -0.2) is 19.1 Å². The third-order valence-electron chi connectivity index (χ3n) is 1.93. The van der Waals surface area contributed by atoms with Crippen molar-refractivity contribution in [2.75, 3.05) is 18.5 Å². The van der Waals surface area contributed by atoms with E-state index in [0.717, 1.165) is 0 Å². The van der Waals surface area contributed by atoms with Crippen LogP contribution in [0.15, 0.2) is 24.3 Å². The number of carbonyl (C=O) groups excluding carboxylic acids is 1. The Bertz CT molecular complexity index is 469. The lowest BCUT2D eigenvalue weighted by Gasteiger charge is -2.05. The zero-order valence-electron chi connectivity index (χ0n) is 9.27. The number of hydrogen-bond donors (Lipinski definition) is 1. The first-order valence-electron chi connectivity index (χ1n) is 5.07. The van der Waals surface area contributed by atoms with Crippen molar-refractivity contribution >= 4 is 11.6 Å². The normalized spacial score (nSPS) is 9.06. The van der Waals surface area contributed by atoms with Crippen LogP contribution in [0, 0.1) is 23.7 Å². The Morgan fingerprint density at radius 2 is 2.35 bits per heavy atom. The second kappa shape index (κ2) is 7.05. The Morgan fingerprint density at radius 1 is 1.53 bits per heavy atom. The number of anilines is 1. The first kappa shape index (κ1) is 12.8. The Balaban J connectivity index is 2.40. The van der Waals surface area contributed by atoms with Gasteiger partial charge in [-0.3, -0.25) is 4.79 Å². The molecular formula is C13H12N2O2. The van der Waals surface area contributed by atoms with Crippen molar-refractivity contribution in [2.45, 2.75) is 6.42 Å². The molecule has 17 heavy (non-hydrogen) atoms. The minimum Gasteiger partial charge on any atom is -0.368 e. The molecule has 0 spiro atoms. The van der Waals surface area contributed by atoms with Gasteiger partial charge in [0.05, 0.1) is 24.7 Å². The molecular weight excluding hydrogens is 216 g/mol. The minimum atomic E-state index is -0.169. The molecule has 0 aliphatic heterocycles. The van der Waals surface area contributed by atoms with E-state index in [0.29, 0.717) is 11.3 Å². The van der Waals surface area contributed by atoms with Crippen molar-refractivity contribution in [1.29, 1.82) is 5.26 Å². The number of nitrogens with one attached hydrogen (secondary N) is 1. The molecule has 1 amide bonds. The van der Waals surface area contributed by atoms with E-state index in [4.69, 9.17) is 16.4 Å². The molecule has 4 nitrogen and oxygen atoms in total. The summed E-state index contributed by atoms with van der Waals surface area (Å²) in [6, 6.07) is 8.72. The number of rotatable bonds is 5. The molecule has 86 valence electrons. The van der Waals surface area contributed by atoms with Crippen LogP contribution in [0.1, 0.15) is 12.0 Å². The van der Waals surface area contributed by atoms with Gasteiger partial charge in [0.2, 0.25) is 5.91 Å². The lowest BCUT2D eigenvalue weighted by molar-refractivity contribution is -0.117. The van der Waals surface area contributed by atoms with Crippen molar-refractivity contribution in [3.05, 3.63) is 29.8 Å². The average molecular weight is 228 g/mol. The fourth-order valence-electron chi connectivity index (χ4n) is 1.19. The second-order valence-corrected chi connectivity index (χ2v) is 3.25. The Morgan fingerprint density at radius 3 is 3.06 bits per heavy atom. The van der Waals surface area contributed by atoms with Crippen LogP contribution in [0.25, 0.3) is 0 Å². The van der Waals surface area contributed by atoms with Gasteiger partial charge in [-0.25, -0.2) is 0 Å². The average Bonchev–Trinajstić information content (AvgIpc) is 2.35. The molecule has 0 saturated carbocycles. The number of benzene rings is 1. The summed E-state index contributed by atoms with van der Waals surface area (Å²) in [5.74, 6) is 2.15. The van der Waals surface area contributed by atoms with Crippen LogP contribution in [0.2, 0.25) is 0 Å². The topological polar surface area (TPSA) is 62.1 Å². The molecule has 1 aromatic carbocycles. The fraction of sp³-hybridized carbons (Fsp3) is 0.231. The Kier molecular flexibility index (Phi) is 5.30. The van der Waals surface area contributed by atoms with E-state index in [1.54, 1.807) is 24.3 Å². The summed E-state index contributed by atoms with van der Waals surface area (Å²) < 4.78 is 4.99. The summed E-state index contributed by atoms with van der Waals surface area (Å²) in [5, 5.41) is 11.4. The molecule has 0 aromatic heterocycles. The summed E-state index contributed by atoms with van der Waals surface area (Å²) in [4.78, 5) is 11.4. The smallest absolute Gasteiger partial charge is 0.226 e. The fourth-order valence-corrected chi connectivity index (χ4v) is 1.19. The third kappa shape index (κ3) is 4.83. The largest absolute Gasteiger partial charge is 0.368 e. The third-order valence-corrected chi connectivity index (χ3v) is 1.93. The number of amides is 1. The van der Waals surface area contributed by atoms with E-state index in [9.17, 15) is 4.79 Å². The monoisotopic (exact) mass is 228 g/mol. The van der Waals surface area contributed by atoms with Gasteiger partial charge in [-0.15, -0.1) is 6.42 Å². The molecule has 1 N–H and O–H groups in total. The zero-order valence-corrected chi connectivity index (χ0v) is 9.27. The highest BCUT2D eigenvalue weighted by Crippen LogP contribution is 2.09. The number of terminal acetylenes is 1. The summed E-state index contributed by atoms with van der Waals surface area (Å²) in [6.45, 7) is 0.491. The Labute approximate surface area is 100 Å². The van der Waals surface area contributed by atoms with Crippen LogP contribution < -0.4 is 5.32 Å². The van der Waals surface area contributed by atoms with E-state index in [1.807, 2.05) is 6.07 Å². The maximum atomic E-state index is 11.4. The lowest BCUT2D eigenvalue weighted by atomic mass is 10.2. The molecule has 0 radical (unpaired) electrons. The summed E-state index contributed by atoms with van der Waals surface area (Å²) in [6.07, 6.45) is 5.23. The van der Waals surface area contributed by atoms with Gasteiger partial charge in [0.15, 0.2) is 0 Å². The molecule has 0 unspecified atom stereocenters. The highest BCUT2D eigenvalue weighted by Gasteiger charge is 2.02. The summed E-state index contributed by atoms with van der Waals surface area (Å²) >= 11 is 0. The molecule has 1 rings (SSSR count). The lowest BCUT2D eigenvalue weighted by Crippen LogP contribution is -2.14. The zero-order chi connectivity index (χ0) is 12.5. The standard InChI is InChI=1S/C13H12N2O2/c1-2-7-17-8-6-13(16)15-12-5-3-4-11(9-12)10-14/h1,3-5,9H,6-8H2,(H,15,16). The maximum absolute atomic E-state index is 11.4. The van der Waals surface area contributed by atoms with Gasteiger partial charge >= 0.3 is 0 Å². The first-order valence-corrected chi connectivity index (χ1v) is 5.07. The summed E-state index contributed by atoms with van der Waals surface area (Å²) in [5.41, 5.74) is 1.11. The van der Waals surface area contributed by atoms with Crippen molar-refractivity contribution in [3.63, 3.8) is 0 Å². The van der Waals surface area contributed by atoms with Gasteiger partial charge in [0, 0.05) is 5.69 Å². The first-order chi connectivity index (χ1) is 8.26. The van der Waals surface area contributed by atoms with Crippen LogP contribution in [0.3, 0.4) is 0 Å². The van der Waals surface area contributed by atoms with Gasteiger partial charge < -0.3 is 10.1 Å². The molecule has 0 heterocycles. The number of carbonyl (C=O) groups is 1. The van der Waals surface area contributed by atoms with E-state index >= 15 is 0 Å². The predicted molar refractivity (Wildman–Crippen MR) is 64.1 cm³/mol. The van der Waals surface area contributed by atoms with E-state index < -0.39 is 0 Å². The SMILES string of the molecule is C#CCOCCC(=O)Nc1cccc(C#N)c1. The van der Waals surface area contributed by atoms with Crippen LogP contribution in [0.4, 0.5) is 5.69 Å². The van der Waals surface area contributed by atoms with E-state index in [1.165, 1.54) is 0 Å². The highest BCUT2D eigenvalue weighted by molar-refractivity contribution is 5.90. The van der Waals surface area contributed by atoms with Crippen LogP contribution in [-0.2, 0) is 9.53 Å². The number of nitrogens with zero attached hydrogens (tertiary/aromatic N) is 1.